The Labute approximate surface area is 255 Å². The van der Waals surface area contributed by atoms with Gasteiger partial charge in [-0.3, -0.25) is 24.4 Å². The summed E-state index contributed by atoms with van der Waals surface area (Å²) < 4.78 is 5.66. The molecule has 3 fully saturated rings. The van der Waals surface area contributed by atoms with E-state index in [1.807, 2.05) is 23.1 Å². The van der Waals surface area contributed by atoms with Gasteiger partial charge in [-0.2, -0.15) is 0 Å². The van der Waals surface area contributed by atoms with Crippen molar-refractivity contribution in [2.45, 2.75) is 63.1 Å². The van der Waals surface area contributed by atoms with Gasteiger partial charge in [0, 0.05) is 75.6 Å². The molecule has 3 aromatic rings. The minimum Gasteiger partial charge on any atom is -0.379 e. The maximum Gasteiger partial charge on any atom is 0.223 e. The van der Waals surface area contributed by atoms with Crippen molar-refractivity contribution in [1.82, 2.24) is 25.0 Å². The maximum atomic E-state index is 12.9. The molecular weight excluding hydrogens is 538 g/mol. The number of morpholine rings is 1. The first-order valence-electron chi connectivity index (χ1n) is 16.1. The number of para-hydroxylation sites is 1. The van der Waals surface area contributed by atoms with E-state index >= 15 is 0 Å². The molecule has 1 aromatic heterocycles. The van der Waals surface area contributed by atoms with E-state index in [2.05, 4.69) is 63.6 Å². The van der Waals surface area contributed by atoms with Crippen LogP contribution in [0.5, 0.6) is 0 Å². The minimum absolute atomic E-state index is 0.00120. The van der Waals surface area contributed by atoms with Crippen molar-refractivity contribution in [3.8, 4) is 0 Å². The van der Waals surface area contributed by atoms with Crippen molar-refractivity contribution in [1.29, 1.82) is 0 Å². The van der Waals surface area contributed by atoms with Gasteiger partial charge in [0.15, 0.2) is 0 Å². The normalized spacial score (nSPS) is 23.7. The number of amides is 2. The van der Waals surface area contributed by atoms with Crippen molar-refractivity contribution in [2.24, 2.45) is 0 Å². The molecule has 2 saturated heterocycles. The van der Waals surface area contributed by atoms with E-state index in [4.69, 9.17) is 9.72 Å². The second-order valence-electron chi connectivity index (χ2n) is 12.5. The molecule has 0 radical (unpaired) electrons. The highest BCUT2D eigenvalue weighted by molar-refractivity contribution is 5.84. The van der Waals surface area contributed by atoms with Gasteiger partial charge < -0.3 is 15.0 Å². The van der Waals surface area contributed by atoms with Crippen LogP contribution in [0.4, 0.5) is 0 Å². The van der Waals surface area contributed by atoms with Crippen LogP contribution in [0.25, 0.3) is 10.9 Å². The van der Waals surface area contributed by atoms with E-state index in [1.165, 1.54) is 5.56 Å². The fourth-order valence-electron chi connectivity index (χ4n) is 7.18. The van der Waals surface area contributed by atoms with Crippen LogP contribution in [0.3, 0.4) is 0 Å². The lowest BCUT2D eigenvalue weighted by molar-refractivity contribution is -0.135. The van der Waals surface area contributed by atoms with Crippen LogP contribution < -0.4 is 5.32 Å². The quantitative estimate of drug-likeness (QED) is 0.410. The van der Waals surface area contributed by atoms with Gasteiger partial charge in [-0.1, -0.05) is 54.6 Å². The van der Waals surface area contributed by atoms with Crippen LogP contribution in [-0.4, -0.2) is 95.6 Å². The molecule has 1 aliphatic carbocycles. The predicted octanol–water partition coefficient (Wildman–Crippen LogP) is 4.03. The zero-order chi connectivity index (χ0) is 29.5. The second kappa shape index (κ2) is 14.0. The predicted molar refractivity (Wildman–Crippen MR) is 169 cm³/mol. The Morgan fingerprint density at radius 3 is 2.33 bits per heavy atom. The Morgan fingerprint density at radius 1 is 0.837 bits per heavy atom. The average molecular weight is 584 g/mol. The molecule has 3 aliphatic rings. The molecule has 2 aliphatic heterocycles. The monoisotopic (exact) mass is 583 g/mol. The lowest BCUT2D eigenvalue weighted by atomic mass is 9.74. The number of nitrogens with zero attached hydrogens (tertiary/aromatic N) is 4. The molecule has 0 spiro atoms. The molecule has 6 rings (SSSR count). The standard InChI is InChI=1S/C35H45N5O3/c41-33(37-30-14-16-35(17-15-30,40-22-24-43-25-23-40)26-28-6-2-1-3-7-28)12-13-34(42)39-20-18-38(19-21-39)27-31-11-10-29-8-4-5-9-32(29)36-31/h1-11,30H,12-27H2,(H,37,41). The number of carbonyl (C=O) groups is 2. The minimum atomic E-state index is 0.00120. The van der Waals surface area contributed by atoms with Crippen LogP contribution in [-0.2, 0) is 27.3 Å². The molecule has 1 saturated carbocycles. The first-order chi connectivity index (χ1) is 21.1. The fraction of sp³-hybridized carbons (Fsp3) is 0.514. The van der Waals surface area contributed by atoms with Gasteiger partial charge in [-0.05, 0) is 49.8 Å². The van der Waals surface area contributed by atoms with Gasteiger partial charge >= 0.3 is 0 Å². The Morgan fingerprint density at radius 2 is 1.56 bits per heavy atom. The number of hydrogen-bond donors (Lipinski definition) is 1. The number of piperazine rings is 1. The fourth-order valence-corrected chi connectivity index (χ4v) is 7.18. The van der Waals surface area contributed by atoms with Crippen molar-refractivity contribution < 1.29 is 14.3 Å². The highest BCUT2D eigenvalue weighted by Gasteiger charge is 2.41. The molecule has 0 atom stereocenters. The van der Waals surface area contributed by atoms with Crippen molar-refractivity contribution >= 4 is 22.7 Å². The summed E-state index contributed by atoms with van der Waals surface area (Å²) in [6, 6.07) is 23.4. The molecule has 3 heterocycles. The largest absolute Gasteiger partial charge is 0.379 e. The van der Waals surface area contributed by atoms with Crippen LogP contribution >= 0.6 is 0 Å². The number of ether oxygens (including phenoxy) is 1. The number of pyridine rings is 1. The van der Waals surface area contributed by atoms with Gasteiger partial charge in [-0.25, -0.2) is 0 Å². The van der Waals surface area contributed by atoms with Gasteiger partial charge in [0.1, 0.15) is 0 Å². The zero-order valence-electron chi connectivity index (χ0n) is 25.3. The van der Waals surface area contributed by atoms with E-state index in [0.717, 1.165) is 94.6 Å². The van der Waals surface area contributed by atoms with Crippen LogP contribution in [0.1, 0.15) is 49.8 Å². The molecular formula is C35H45N5O3. The number of fused-ring (bicyclic) bond motifs is 1. The molecule has 2 amide bonds. The summed E-state index contributed by atoms with van der Waals surface area (Å²) in [5.41, 5.74) is 3.57. The summed E-state index contributed by atoms with van der Waals surface area (Å²) in [6.45, 7) is 7.35. The van der Waals surface area contributed by atoms with Crippen LogP contribution in [0, 0.1) is 0 Å². The summed E-state index contributed by atoms with van der Waals surface area (Å²) in [7, 11) is 0. The zero-order valence-corrected chi connectivity index (χ0v) is 25.3. The molecule has 8 nitrogen and oxygen atoms in total. The Kier molecular flexibility index (Phi) is 9.66. The highest BCUT2D eigenvalue weighted by Crippen LogP contribution is 2.37. The van der Waals surface area contributed by atoms with E-state index in [9.17, 15) is 9.59 Å². The summed E-state index contributed by atoms with van der Waals surface area (Å²) in [6.07, 6.45) is 5.63. The third-order valence-electron chi connectivity index (χ3n) is 9.67. The molecule has 8 heteroatoms. The smallest absolute Gasteiger partial charge is 0.223 e. The van der Waals surface area contributed by atoms with Gasteiger partial charge in [-0.15, -0.1) is 0 Å². The number of hydrogen-bond acceptors (Lipinski definition) is 6. The van der Waals surface area contributed by atoms with Crippen molar-refractivity contribution in [3.63, 3.8) is 0 Å². The van der Waals surface area contributed by atoms with Crippen molar-refractivity contribution in [2.75, 3.05) is 52.5 Å². The topological polar surface area (TPSA) is 78.0 Å². The third-order valence-corrected chi connectivity index (χ3v) is 9.67. The number of benzene rings is 2. The molecule has 0 bridgehead atoms. The average Bonchev–Trinajstić information content (AvgIpc) is 3.06. The lowest BCUT2D eigenvalue weighted by Crippen LogP contribution is -2.58. The maximum absolute atomic E-state index is 12.9. The number of nitrogens with one attached hydrogen (secondary N) is 1. The SMILES string of the molecule is O=C(CCC(=O)N1CCN(Cc2ccc3ccccc3n2)CC1)NC1CCC(Cc2ccccc2)(N2CCOCC2)CC1. The molecule has 0 unspecified atom stereocenters. The number of rotatable bonds is 9. The molecule has 2 aromatic carbocycles. The van der Waals surface area contributed by atoms with Gasteiger partial charge in [0.25, 0.3) is 0 Å². The summed E-state index contributed by atoms with van der Waals surface area (Å²) >= 11 is 0. The number of aromatic nitrogens is 1. The Bertz CT molecular complexity index is 1360. The Hall–Kier alpha value is -3.33. The summed E-state index contributed by atoms with van der Waals surface area (Å²) in [5.74, 6) is 0.0813. The summed E-state index contributed by atoms with van der Waals surface area (Å²) in [5, 5.41) is 4.41. The molecule has 43 heavy (non-hydrogen) atoms. The summed E-state index contributed by atoms with van der Waals surface area (Å²) in [4.78, 5) is 37.5. The second-order valence-corrected chi connectivity index (χ2v) is 12.5. The first-order valence-corrected chi connectivity index (χ1v) is 16.1. The molecule has 1 N–H and O–H groups in total. The van der Waals surface area contributed by atoms with Crippen LogP contribution in [0.2, 0.25) is 0 Å². The third kappa shape index (κ3) is 7.61. The van der Waals surface area contributed by atoms with E-state index < -0.39 is 0 Å². The first kappa shape index (κ1) is 29.7. The van der Waals surface area contributed by atoms with E-state index in [-0.39, 0.29) is 36.2 Å². The highest BCUT2D eigenvalue weighted by atomic mass is 16.5. The van der Waals surface area contributed by atoms with Gasteiger partial charge in [0.2, 0.25) is 11.8 Å². The van der Waals surface area contributed by atoms with E-state index in [1.54, 1.807) is 0 Å². The Balaban J connectivity index is 0.928. The lowest BCUT2D eigenvalue weighted by Gasteiger charge is -2.50. The molecule has 228 valence electrons. The van der Waals surface area contributed by atoms with Crippen LogP contribution in [0.15, 0.2) is 66.7 Å². The van der Waals surface area contributed by atoms with Crippen molar-refractivity contribution in [3.05, 3.63) is 78.0 Å². The number of carbonyl (C=O) groups excluding carboxylic acids is 2. The van der Waals surface area contributed by atoms with Gasteiger partial charge in [0.05, 0.1) is 24.4 Å². The van der Waals surface area contributed by atoms with E-state index in [0.29, 0.717) is 13.1 Å².